The van der Waals surface area contributed by atoms with Gasteiger partial charge in [-0.2, -0.15) is 0 Å². The van der Waals surface area contributed by atoms with E-state index in [-0.39, 0.29) is 24.3 Å². The fraction of sp³-hybridized carbons (Fsp3) is 0.600. The van der Waals surface area contributed by atoms with Gasteiger partial charge in [-0.3, -0.25) is 9.59 Å². The lowest BCUT2D eigenvalue weighted by atomic mass is 10.0. The first kappa shape index (κ1) is 15.2. The maximum Gasteiger partial charge on any atom is 0.246 e. The first-order valence-corrected chi connectivity index (χ1v) is 9.40. The van der Waals surface area contributed by atoms with Gasteiger partial charge in [-0.05, 0) is 67.2 Å². The highest BCUT2D eigenvalue weighted by atomic mass is 16.5. The third-order valence-corrected chi connectivity index (χ3v) is 6.94. The Hall–Kier alpha value is -2.04. The van der Waals surface area contributed by atoms with Crippen molar-refractivity contribution < 1.29 is 14.3 Å². The van der Waals surface area contributed by atoms with Crippen molar-refractivity contribution in [3.05, 3.63) is 24.3 Å². The van der Waals surface area contributed by atoms with Crippen molar-refractivity contribution in [1.29, 1.82) is 0 Å². The van der Waals surface area contributed by atoms with Crippen LogP contribution in [0, 0.1) is 29.6 Å². The molecule has 1 saturated heterocycles. The molecule has 4 fully saturated rings. The highest BCUT2D eigenvalue weighted by Gasteiger charge is 2.68. The molecule has 0 N–H and O–H groups in total. The van der Waals surface area contributed by atoms with Crippen LogP contribution >= 0.6 is 0 Å². The van der Waals surface area contributed by atoms with Gasteiger partial charge < -0.3 is 14.5 Å². The van der Waals surface area contributed by atoms with Gasteiger partial charge in [0.25, 0.3) is 0 Å². The smallest absolute Gasteiger partial charge is 0.246 e. The molecule has 3 saturated carbocycles. The fourth-order valence-corrected chi connectivity index (χ4v) is 5.76. The number of hydrogen-bond donors (Lipinski definition) is 0. The van der Waals surface area contributed by atoms with Gasteiger partial charge in [0.05, 0.1) is 7.11 Å². The zero-order valence-corrected chi connectivity index (χ0v) is 14.6. The van der Waals surface area contributed by atoms with Crippen molar-refractivity contribution in [2.24, 2.45) is 29.6 Å². The zero-order chi connectivity index (χ0) is 17.1. The fourth-order valence-electron chi connectivity index (χ4n) is 5.76. The molecule has 2 amide bonds. The molecule has 5 atom stereocenters. The second kappa shape index (κ2) is 5.48. The van der Waals surface area contributed by atoms with Crippen molar-refractivity contribution in [3.63, 3.8) is 0 Å². The zero-order valence-electron chi connectivity index (χ0n) is 14.6. The van der Waals surface area contributed by atoms with Crippen LogP contribution in [0.2, 0.25) is 0 Å². The molecule has 132 valence electrons. The largest absolute Gasteiger partial charge is 0.497 e. The molecule has 0 spiro atoms. The summed E-state index contributed by atoms with van der Waals surface area (Å²) in [4.78, 5) is 29.1. The number of benzene rings is 1. The monoisotopic (exact) mass is 340 g/mol. The molecule has 5 rings (SSSR count). The van der Waals surface area contributed by atoms with Gasteiger partial charge in [0.1, 0.15) is 12.3 Å². The number of nitrogens with zero attached hydrogens (tertiary/aromatic N) is 2. The predicted octanol–water partition coefficient (Wildman–Crippen LogP) is 2.16. The Kier molecular flexibility index (Phi) is 3.34. The summed E-state index contributed by atoms with van der Waals surface area (Å²) in [6, 6.07) is 7.52. The SMILES string of the molecule is COc1ccc(N2CCN(C(=O)C3[C@@H]4[C@H]5CC[C@H](C5)[C@H]34)CC2=O)cc1. The Balaban J connectivity index is 1.24. The van der Waals surface area contributed by atoms with E-state index in [4.69, 9.17) is 4.74 Å². The minimum absolute atomic E-state index is 0.0125. The first-order valence-electron chi connectivity index (χ1n) is 9.40. The topological polar surface area (TPSA) is 49.9 Å². The normalized spacial score (nSPS) is 35.7. The first-order chi connectivity index (χ1) is 12.2. The highest BCUT2D eigenvalue weighted by Crippen LogP contribution is 2.69. The molecule has 1 aliphatic heterocycles. The van der Waals surface area contributed by atoms with Crippen LogP contribution in [0.3, 0.4) is 0 Å². The maximum atomic E-state index is 12.9. The van der Waals surface area contributed by atoms with Gasteiger partial charge >= 0.3 is 0 Å². The predicted molar refractivity (Wildman–Crippen MR) is 93.2 cm³/mol. The van der Waals surface area contributed by atoms with E-state index in [2.05, 4.69) is 0 Å². The van der Waals surface area contributed by atoms with E-state index in [0.717, 1.165) is 23.3 Å². The Morgan fingerprint density at radius 2 is 1.76 bits per heavy atom. The average Bonchev–Trinajstić information content (AvgIpc) is 3.07. The number of ether oxygens (including phenoxy) is 1. The number of carbonyl (C=O) groups is 2. The summed E-state index contributed by atoms with van der Waals surface area (Å²) >= 11 is 0. The third-order valence-electron chi connectivity index (χ3n) is 6.94. The van der Waals surface area contributed by atoms with Crippen LogP contribution in [0.5, 0.6) is 5.75 Å². The molecule has 3 aliphatic carbocycles. The average molecular weight is 340 g/mol. The maximum absolute atomic E-state index is 12.9. The number of carbonyl (C=O) groups excluding carboxylic acids is 2. The van der Waals surface area contributed by atoms with E-state index in [1.54, 1.807) is 12.0 Å². The Morgan fingerprint density at radius 3 is 2.36 bits per heavy atom. The summed E-state index contributed by atoms with van der Waals surface area (Å²) in [5, 5.41) is 0. The molecule has 2 bridgehead atoms. The Bertz CT molecular complexity index is 700. The Morgan fingerprint density at radius 1 is 1.08 bits per heavy atom. The molecule has 5 nitrogen and oxygen atoms in total. The molecule has 4 aliphatic rings. The van der Waals surface area contributed by atoms with E-state index < -0.39 is 0 Å². The lowest BCUT2D eigenvalue weighted by molar-refractivity contribution is -0.138. The quantitative estimate of drug-likeness (QED) is 0.847. The van der Waals surface area contributed by atoms with Crippen molar-refractivity contribution in [2.45, 2.75) is 19.3 Å². The van der Waals surface area contributed by atoms with Gasteiger partial charge in [0.2, 0.25) is 11.8 Å². The van der Waals surface area contributed by atoms with Crippen molar-refractivity contribution in [3.8, 4) is 5.75 Å². The second-order valence-electron chi connectivity index (χ2n) is 8.02. The third kappa shape index (κ3) is 2.28. The van der Waals surface area contributed by atoms with Crippen LogP contribution in [0.1, 0.15) is 19.3 Å². The van der Waals surface area contributed by atoms with Crippen LogP contribution in [0.25, 0.3) is 0 Å². The lowest BCUT2D eigenvalue weighted by Gasteiger charge is -2.35. The van der Waals surface area contributed by atoms with Crippen LogP contribution in [0.15, 0.2) is 24.3 Å². The number of anilines is 1. The molecule has 1 heterocycles. The molecule has 25 heavy (non-hydrogen) atoms. The van der Waals surface area contributed by atoms with E-state index in [0.29, 0.717) is 24.9 Å². The molecule has 1 unspecified atom stereocenters. The van der Waals surface area contributed by atoms with Crippen LogP contribution in [0.4, 0.5) is 5.69 Å². The van der Waals surface area contributed by atoms with E-state index in [9.17, 15) is 9.59 Å². The van der Waals surface area contributed by atoms with Gasteiger partial charge in [-0.15, -0.1) is 0 Å². The number of amides is 2. The highest BCUT2D eigenvalue weighted by molar-refractivity contribution is 5.98. The number of piperazine rings is 1. The van der Waals surface area contributed by atoms with Crippen LogP contribution in [-0.2, 0) is 9.59 Å². The summed E-state index contributed by atoms with van der Waals surface area (Å²) in [5.41, 5.74) is 0.874. The number of hydrogen-bond acceptors (Lipinski definition) is 3. The van der Waals surface area contributed by atoms with Crippen LogP contribution < -0.4 is 9.64 Å². The van der Waals surface area contributed by atoms with E-state index in [1.165, 1.54) is 19.3 Å². The molecule has 1 aromatic rings. The van der Waals surface area contributed by atoms with E-state index in [1.807, 2.05) is 29.2 Å². The minimum atomic E-state index is 0.0125. The Labute approximate surface area is 147 Å². The molecule has 1 aromatic carbocycles. The number of methoxy groups -OCH3 is 1. The summed E-state index contributed by atoms with van der Waals surface area (Å²) in [5.74, 6) is 4.13. The van der Waals surface area contributed by atoms with Gasteiger partial charge in [-0.1, -0.05) is 0 Å². The molecule has 5 heteroatoms. The van der Waals surface area contributed by atoms with Crippen molar-refractivity contribution in [2.75, 3.05) is 31.6 Å². The summed E-state index contributed by atoms with van der Waals surface area (Å²) < 4.78 is 5.17. The summed E-state index contributed by atoms with van der Waals surface area (Å²) in [6.45, 7) is 1.43. The van der Waals surface area contributed by atoms with Crippen molar-refractivity contribution >= 4 is 17.5 Å². The van der Waals surface area contributed by atoms with Crippen LogP contribution in [-0.4, -0.2) is 43.5 Å². The second-order valence-corrected chi connectivity index (χ2v) is 8.02. The van der Waals surface area contributed by atoms with Gasteiger partial charge in [-0.25, -0.2) is 0 Å². The summed E-state index contributed by atoms with van der Waals surface area (Å²) in [7, 11) is 1.63. The number of fused-ring (bicyclic) bond motifs is 5. The van der Waals surface area contributed by atoms with Crippen molar-refractivity contribution in [1.82, 2.24) is 4.90 Å². The summed E-state index contributed by atoms with van der Waals surface area (Å²) in [6.07, 6.45) is 3.99. The molecular weight excluding hydrogens is 316 g/mol. The standard InChI is InChI=1S/C20H24N2O3/c1-25-15-6-4-14(5-7-15)22-9-8-21(11-16(22)23)20(24)19-17-12-2-3-13(10-12)18(17)19/h4-7,12-13,17-19H,2-3,8-11H2,1H3/t12-,13+,17+,18-,19?. The molecule has 0 aromatic heterocycles. The lowest BCUT2D eigenvalue weighted by Crippen LogP contribution is -2.53. The van der Waals surface area contributed by atoms with Gasteiger partial charge in [0.15, 0.2) is 0 Å². The number of rotatable bonds is 3. The van der Waals surface area contributed by atoms with E-state index >= 15 is 0 Å². The molecule has 0 radical (unpaired) electrons. The van der Waals surface area contributed by atoms with Gasteiger partial charge in [0, 0.05) is 24.7 Å². The minimum Gasteiger partial charge on any atom is -0.497 e. The molecular formula is C20H24N2O3.